The molecule has 0 aliphatic carbocycles. The number of rotatable bonds is 7. The zero-order valence-electron chi connectivity index (χ0n) is 12.5. The molecule has 0 spiro atoms. The van der Waals surface area contributed by atoms with E-state index in [1.54, 1.807) is 29.9 Å². The van der Waals surface area contributed by atoms with E-state index in [0.29, 0.717) is 19.7 Å². The minimum atomic E-state index is -0.820. The number of aryl methyl sites for hydroxylation is 1. The predicted octanol–water partition coefficient (Wildman–Crippen LogP) is -1.01. The number of aromatic nitrogens is 2. The third-order valence-corrected chi connectivity index (χ3v) is 3.29. The molecule has 2 N–H and O–H groups in total. The van der Waals surface area contributed by atoms with Crippen LogP contribution >= 0.6 is 0 Å². The fourth-order valence-corrected chi connectivity index (χ4v) is 2.17. The van der Waals surface area contributed by atoms with Crippen molar-refractivity contribution < 1.29 is 19.1 Å². The maximum atomic E-state index is 12.4. The molecule has 0 bridgehead atoms. The van der Waals surface area contributed by atoms with Crippen molar-refractivity contribution in [3.63, 3.8) is 0 Å². The van der Waals surface area contributed by atoms with E-state index in [0.717, 1.165) is 5.56 Å². The Morgan fingerprint density at radius 1 is 1.50 bits per heavy atom. The van der Waals surface area contributed by atoms with Crippen LogP contribution in [0.3, 0.4) is 0 Å². The van der Waals surface area contributed by atoms with E-state index in [1.807, 2.05) is 6.20 Å². The lowest BCUT2D eigenvalue weighted by atomic mass is 10.2. The van der Waals surface area contributed by atoms with Crippen LogP contribution in [0.2, 0.25) is 0 Å². The molecule has 1 unspecified atom stereocenters. The van der Waals surface area contributed by atoms with E-state index in [1.165, 1.54) is 0 Å². The zero-order valence-corrected chi connectivity index (χ0v) is 12.5. The molecule has 9 nitrogen and oxygen atoms in total. The summed E-state index contributed by atoms with van der Waals surface area (Å²) in [6.07, 6.45) is 3.41. The van der Waals surface area contributed by atoms with Crippen molar-refractivity contribution in [3.05, 3.63) is 18.0 Å². The minimum absolute atomic E-state index is 0.0818. The van der Waals surface area contributed by atoms with E-state index in [-0.39, 0.29) is 12.3 Å². The fourth-order valence-electron chi connectivity index (χ4n) is 2.17. The first-order chi connectivity index (χ1) is 10.5. The highest BCUT2D eigenvalue weighted by atomic mass is 16.5. The summed E-state index contributed by atoms with van der Waals surface area (Å²) >= 11 is 0. The summed E-state index contributed by atoms with van der Waals surface area (Å²) in [6, 6.07) is -1.39. The molecule has 1 atom stereocenters. The van der Waals surface area contributed by atoms with Crippen molar-refractivity contribution >= 4 is 17.8 Å². The first-order valence-corrected chi connectivity index (χ1v) is 6.85. The van der Waals surface area contributed by atoms with Gasteiger partial charge in [-0.3, -0.25) is 19.6 Å². The number of hydrogen-bond donors (Lipinski definition) is 2. The average Bonchev–Trinajstić information content (AvgIpc) is 3.00. The maximum Gasteiger partial charge on any atom is 0.322 e. The lowest BCUT2D eigenvalue weighted by molar-refractivity contribution is -0.135. The topological polar surface area (TPSA) is 106 Å². The molecule has 2 rings (SSSR count). The van der Waals surface area contributed by atoms with Crippen LogP contribution in [0.1, 0.15) is 12.0 Å². The average molecular weight is 309 g/mol. The summed E-state index contributed by atoms with van der Waals surface area (Å²) in [4.78, 5) is 36.6. The van der Waals surface area contributed by atoms with Gasteiger partial charge in [-0.1, -0.05) is 0 Å². The van der Waals surface area contributed by atoms with Crippen molar-refractivity contribution in [2.24, 2.45) is 7.05 Å². The van der Waals surface area contributed by atoms with Crippen molar-refractivity contribution in [3.8, 4) is 0 Å². The lowest BCUT2D eigenvalue weighted by Crippen LogP contribution is -2.39. The minimum Gasteiger partial charge on any atom is -0.383 e. The molecular formula is C13H19N5O4. The number of nitrogens with zero attached hydrogens (tertiary/aromatic N) is 3. The normalized spacial score (nSPS) is 17.3. The highest BCUT2D eigenvalue weighted by Gasteiger charge is 2.32. The molecule has 22 heavy (non-hydrogen) atoms. The molecule has 9 heteroatoms. The monoisotopic (exact) mass is 309 g/mol. The van der Waals surface area contributed by atoms with Gasteiger partial charge < -0.3 is 15.0 Å². The SMILES string of the molecule is COCCN(Cc1cnn(C)c1)C(=O)CC1NC(=O)NC1=O. The molecule has 1 saturated heterocycles. The van der Waals surface area contributed by atoms with Crippen LogP contribution in [0.4, 0.5) is 4.79 Å². The molecule has 4 amide bonds. The van der Waals surface area contributed by atoms with Crippen molar-refractivity contribution in [2.45, 2.75) is 19.0 Å². The largest absolute Gasteiger partial charge is 0.383 e. The Morgan fingerprint density at radius 2 is 2.27 bits per heavy atom. The Kier molecular flexibility index (Phi) is 5.10. The summed E-state index contributed by atoms with van der Waals surface area (Å²) in [7, 11) is 3.35. The molecular weight excluding hydrogens is 290 g/mol. The first-order valence-electron chi connectivity index (χ1n) is 6.85. The number of urea groups is 1. The number of amides is 4. The van der Waals surface area contributed by atoms with Crippen LogP contribution in [0.25, 0.3) is 0 Å². The Bertz CT molecular complexity index is 571. The molecule has 0 saturated carbocycles. The predicted molar refractivity (Wildman–Crippen MR) is 75.6 cm³/mol. The second-order valence-corrected chi connectivity index (χ2v) is 5.05. The van der Waals surface area contributed by atoms with Gasteiger partial charge in [0.15, 0.2) is 0 Å². The second kappa shape index (κ2) is 7.03. The van der Waals surface area contributed by atoms with Gasteiger partial charge in [-0.05, 0) is 0 Å². The van der Waals surface area contributed by atoms with Gasteiger partial charge in [-0.15, -0.1) is 0 Å². The molecule has 1 aromatic rings. The summed E-state index contributed by atoms with van der Waals surface area (Å²) < 4.78 is 6.66. The van der Waals surface area contributed by atoms with Gasteiger partial charge in [-0.2, -0.15) is 5.10 Å². The number of carbonyl (C=O) groups excluding carboxylic acids is 3. The molecule has 2 heterocycles. The molecule has 120 valence electrons. The van der Waals surface area contributed by atoms with Crippen molar-refractivity contribution in [2.75, 3.05) is 20.3 Å². The van der Waals surface area contributed by atoms with Crippen LogP contribution in [0.5, 0.6) is 0 Å². The Balaban J connectivity index is 1.99. The van der Waals surface area contributed by atoms with Crippen molar-refractivity contribution in [1.82, 2.24) is 25.3 Å². The van der Waals surface area contributed by atoms with E-state index >= 15 is 0 Å². The number of imide groups is 1. The van der Waals surface area contributed by atoms with Gasteiger partial charge in [0.2, 0.25) is 5.91 Å². The summed E-state index contributed by atoms with van der Waals surface area (Å²) in [5.41, 5.74) is 0.881. The molecule has 1 aliphatic rings. The van der Waals surface area contributed by atoms with E-state index in [9.17, 15) is 14.4 Å². The smallest absolute Gasteiger partial charge is 0.322 e. The van der Waals surface area contributed by atoms with E-state index in [2.05, 4.69) is 15.7 Å². The number of ether oxygens (including phenoxy) is 1. The summed E-state index contributed by atoms with van der Waals surface area (Å²) in [6.45, 7) is 1.15. The number of carbonyl (C=O) groups is 3. The standard InChI is InChI=1S/C13H19N5O4/c1-17-7-9(6-14-17)8-18(3-4-22-2)11(19)5-10-12(20)16-13(21)15-10/h6-7,10H,3-5,8H2,1-2H3,(H2,15,16,20,21). The molecule has 1 aromatic heterocycles. The fraction of sp³-hybridized carbons (Fsp3) is 0.538. The third-order valence-electron chi connectivity index (χ3n) is 3.29. The zero-order chi connectivity index (χ0) is 16.1. The molecule has 0 radical (unpaired) electrons. The first kappa shape index (κ1) is 16.0. The van der Waals surface area contributed by atoms with Crippen LogP contribution in [-0.4, -0.2) is 58.8 Å². The Morgan fingerprint density at radius 3 is 2.82 bits per heavy atom. The van der Waals surface area contributed by atoms with Crippen LogP contribution in [-0.2, 0) is 27.9 Å². The van der Waals surface area contributed by atoms with Gasteiger partial charge in [-0.25, -0.2) is 4.79 Å². The van der Waals surface area contributed by atoms with Crippen molar-refractivity contribution in [1.29, 1.82) is 0 Å². The lowest BCUT2D eigenvalue weighted by Gasteiger charge is -2.22. The molecule has 0 aromatic carbocycles. The second-order valence-electron chi connectivity index (χ2n) is 5.05. The number of methoxy groups -OCH3 is 1. The van der Waals surface area contributed by atoms with E-state index in [4.69, 9.17) is 4.74 Å². The van der Waals surface area contributed by atoms with Gasteiger partial charge in [0.05, 0.1) is 19.2 Å². The van der Waals surface area contributed by atoms with Gasteiger partial charge in [0.25, 0.3) is 5.91 Å². The van der Waals surface area contributed by atoms with Crippen LogP contribution in [0, 0.1) is 0 Å². The van der Waals surface area contributed by atoms with Gasteiger partial charge >= 0.3 is 6.03 Å². The highest BCUT2D eigenvalue weighted by molar-refractivity contribution is 6.05. The van der Waals surface area contributed by atoms with Gasteiger partial charge in [0, 0.05) is 39.0 Å². The Hall–Kier alpha value is -2.42. The van der Waals surface area contributed by atoms with Crippen LogP contribution < -0.4 is 10.6 Å². The molecule has 1 aliphatic heterocycles. The van der Waals surface area contributed by atoms with Crippen LogP contribution in [0.15, 0.2) is 12.4 Å². The quantitative estimate of drug-likeness (QED) is 0.628. The molecule has 1 fully saturated rings. The Labute approximate surface area is 127 Å². The van der Waals surface area contributed by atoms with Gasteiger partial charge in [0.1, 0.15) is 6.04 Å². The summed E-state index contributed by atoms with van der Waals surface area (Å²) in [5, 5.41) is 8.59. The number of nitrogens with one attached hydrogen (secondary N) is 2. The third kappa shape index (κ3) is 4.04. The highest BCUT2D eigenvalue weighted by Crippen LogP contribution is 2.08. The van der Waals surface area contributed by atoms with E-state index < -0.39 is 18.0 Å². The summed E-state index contributed by atoms with van der Waals surface area (Å²) in [5.74, 6) is -0.713. The number of hydrogen-bond acceptors (Lipinski definition) is 5. The maximum absolute atomic E-state index is 12.4.